The number of rotatable bonds is 18. The maximum absolute atomic E-state index is 6.87. The molecule has 0 spiro atoms. The Morgan fingerprint density at radius 1 is 0.658 bits per heavy atom. The number of thiophene rings is 2. The van der Waals surface area contributed by atoms with Crippen molar-refractivity contribution < 1.29 is 9.47 Å². The first kappa shape index (κ1) is 32.8. The second-order valence-electron chi connectivity index (χ2n) is 11.4. The standard InChI is InChI=1S/C26H36O2S2.2C3H7.2Sn/c1-5-9-11-19(7-3)17-27-23-21-13-15-30-26(21)24(22-14-16-29-25(22)23)28-18-20(8-4)12-10-6-2;2*1-3-2;;/h13-14,19-20H,5-12,17-18H2,1-4H3;2*3H,1-2H3;;. The van der Waals surface area contributed by atoms with Crippen LogP contribution >= 0.6 is 22.7 Å². The zero-order valence-corrected chi connectivity index (χ0v) is 32.5. The average Bonchev–Trinajstić information content (AvgIpc) is 3.47. The summed E-state index contributed by atoms with van der Waals surface area (Å²) in [6.07, 6.45) is 10.0. The van der Waals surface area contributed by atoms with Crippen molar-refractivity contribution in [3.8, 4) is 11.5 Å². The van der Waals surface area contributed by atoms with Gasteiger partial charge in [-0.15, -0.1) is 0 Å². The normalized spacial score (nSPS) is 13.7. The molecule has 210 valence electrons. The molecule has 0 fully saturated rings. The molecule has 0 N–H and O–H groups in total. The maximum atomic E-state index is 6.87. The van der Waals surface area contributed by atoms with Gasteiger partial charge in [0.15, 0.2) is 0 Å². The fraction of sp³-hybridized carbons (Fsp3) is 0.688. The van der Waals surface area contributed by atoms with E-state index in [9.17, 15) is 0 Å². The van der Waals surface area contributed by atoms with E-state index in [-0.39, 0.29) is 0 Å². The molecule has 4 radical (unpaired) electrons. The van der Waals surface area contributed by atoms with Crippen molar-refractivity contribution in [2.75, 3.05) is 13.2 Å². The van der Waals surface area contributed by atoms with Gasteiger partial charge in [0, 0.05) is 0 Å². The van der Waals surface area contributed by atoms with Crippen LogP contribution in [0.5, 0.6) is 11.5 Å². The number of ether oxygens (including phenoxy) is 2. The van der Waals surface area contributed by atoms with E-state index < -0.39 is 42.3 Å². The third kappa shape index (κ3) is 9.17. The molecule has 0 aliphatic heterocycles. The van der Waals surface area contributed by atoms with Crippen LogP contribution in [0.2, 0.25) is 7.87 Å². The van der Waals surface area contributed by atoms with Crippen LogP contribution < -0.4 is 15.3 Å². The molecule has 0 saturated carbocycles. The van der Waals surface area contributed by atoms with Gasteiger partial charge in [0.2, 0.25) is 0 Å². The van der Waals surface area contributed by atoms with Crippen LogP contribution in [-0.4, -0.2) is 55.5 Å². The number of hydrogen-bond acceptors (Lipinski definition) is 4. The molecule has 3 rings (SSSR count). The number of unbranched alkanes of at least 4 members (excludes halogenated alkanes) is 2. The average molecular weight is 768 g/mol. The van der Waals surface area contributed by atoms with E-state index in [1.165, 1.54) is 83.0 Å². The Hall–Kier alpha value is 0.337. The van der Waals surface area contributed by atoms with Crippen LogP contribution in [0.4, 0.5) is 0 Å². The Balaban J connectivity index is 2.11. The molecule has 2 aromatic heterocycles. The molecule has 0 saturated heterocycles. The van der Waals surface area contributed by atoms with E-state index in [4.69, 9.17) is 9.47 Å². The first-order valence-electron chi connectivity index (χ1n) is 15.1. The summed E-state index contributed by atoms with van der Waals surface area (Å²) in [4.78, 5) is 0. The van der Waals surface area contributed by atoms with Gasteiger partial charge in [-0.05, 0) is 0 Å². The van der Waals surface area contributed by atoms with E-state index in [0.717, 1.165) is 21.1 Å². The zero-order valence-electron chi connectivity index (χ0n) is 25.2. The molecule has 2 unspecified atom stereocenters. The summed E-state index contributed by atoms with van der Waals surface area (Å²) in [6.45, 7) is 20.5. The molecule has 0 aliphatic rings. The minimum absolute atomic E-state index is 0.620. The molecule has 2 nitrogen and oxygen atoms in total. The summed E-state index contributed by atoms with van der Waals surface area (Å²) >= 11 is 2.81. The van der Waals surface area contributed by atoms with Crippen LogP contribution in [0.15, 0.2) is 12.1 Å². The van der Waals surface area contributed by atoms with Gasteiger partial charge in [-0.2, -0.15) is 0 Å². The molecule has 1 aromatic carbocycles. The van der Waals surface area contributed by atoms with Gasteiger partial charge in [0.1, 0.15) is 0 Å². The Morgan fingerprint density at radius 2 is 1.05 bits per heavy atom. The second-order valence-corrected chi connectivity index (χ2v) is 26.9. The quantitative estimate of drug-likeness (QED) is 0.120. The predicted molar refractivity (Wildman–Crippen MR) is 176 cm³/mol. The van der Waals surface area contributed by atoms with Gasteiger partial charge >= 0.3 is 264 Å². The van der Waals surface area contributed by atoms with Crippen molar-refractivity contribution in [2.24, 2.45) is 11.8 Å². The number of hydrogen-bond donors (Lipinski definition) is 0. The third-order valence-electron chi connectivity index (χ3n) is 7.24. The molecular formula is C32H50O2S2Sn2. The van der Waals surface area contributed by atoms with Gasteiger partial charge in [-0.1, -0.05) is 0 Å². The number of benzene rings is 1. The molecule has 2 atom stereocenters. The molecule has 2 heterocycles. The van der Waals surface area contributed by atoms with Crippen molar-refractivity contribution in [2.45, 2.75) is 115 Å². The molecule has 3 aromatic rings. The minimum atomic E-state index is -0.620. The van der Waals surface area contributed by atoms with Crippen molar-refractivity contribution in [1.82, 2.24) is 0 Å². The van der Waals surface area contributed by atoms with Crippen LogP contribution in [0.3, 0.4) is 0 Å². The Labute approximate surface area is 261 Å². The van der Waals surface area contributed by atoms with Gasteiger partial charge in [0.05, 0.1) is 0 Å². The molecule has 38 heavy (non-hydrogen) atoms. The molecule has 0 aliphatic carbocycles. The first-order valence-corrected chi connectivity index (χ1v) is 22.9. The molecule has 0 amide bonds. The Bertz CT molecular complexity index is 977. The van der Waals surface area contributed by atoms with Crippen molar-refractivity contribution in [3.05, 3.63) is 12.1 Å². The summed E-state index contributed by atoms with van der Waals surface area (Å²) in [7, 11) is 0. The Kier molecular flexibility index (Phi) is 14.4. The van der Waals surface area contributed by atoms with E-state index in [0.29, 0.717) is 11.8 Å². The van der Waals surface area contributed by atoms with E-state index in [1.54, 1.807) is 5.79 Å². The predicted octanol–water partition coefficient (Wildman–Crippen LogP) is 9.62. The van der Waals surface area contributed by atoms with Crippen LogP contribution in [-0.2, 0) is 0 Å². The van der Waals surface area contributed by atoms with Gasteiger partial charge in [-0.25, -0.2) is 0 Å². The summed E-state index contributed by atoms with van der Waals surface area (Å²) in [5.41, 5.74) is 0. The molecule has 6 heteroatoms. The summed E-state index contributed by atoms with van der Waals surface area (Å²) in [5.74, 6) is 3.61. The van der Waals surface area contributed by atoms with Gasteiger partial charge in [0.25, 0.3) is 0 Å². The van der Waals surface area contributed by atoms with E-state index >= 15 is 0 Å². The van der Waals surface area contributed by atoms with Crippen LogP contribution in [0.25, 0.3) is 20.2 Å². The molecule has 0 bridgehead atoms. The van der Waals surface area contributed by atoms with E-state index in [1.807, 2.05) is 22.7 Å². The zero-order chi connectivity index (χ0) is 27.7. The SMILES string of the molecule is CCCCC(CC)COc1c2c[c]([Sn][CH](C)C)sc2c(OCC(CC)CCCC)c2c[c]([Sn][CH](C)C)sc12. The summed E-state index contributed by atoms with van der Waals surface area (Å²) in [5, 5.41) is 2.67. The van der Waals surface area contributed by atoms with Gasteiger partial charge < -0.3 is 0 Å². The third-order valence-corrected chi connectivity index (χ3v) is 18.2. The fourth-order valence-corrected chi connectivity index (χ4v) is 17.3. The van der Waals surface area contributed by atoms with E-state index in [2.05, 4.69) is 67.5 Å². The van der Waals surface area contributed by atoms with Crippen LogP contribution in [0, 0.1) is 11.8 Å². The molecular weight excluding hydrogens is 718 g/mol. The van der Waals surface area contributed by atoms with Crippen molar-refractivity contribution >= 4 is 90.9 Å². The van der Waals surface area contributed by atoms with Crippen molar-refractivity contribution in [1.29, 1.82) is 0 Å². The second kappa shape index (κ2) is 16.7. The Morgan fingerprint density at radius 3 is 1.37 bits per heavy atom. The topological polar surface area (TPSA) is 18.5 Å². The van der Waals surface area contributed by atoms with Crippen LogP contribution in [0.1, 0.15) is 107 Å². The fourth-order valence-electron chi connectivity index (χ4n) is 4.90. The van der Waals surface area contributed by atoms with Gasteiger partial charge in [-0.3, -0.25) is 0 Å². The first-order chi connectivity index (χ1) is 18.3. The monoisotopic (exact) mass is 770 g/mol. The summed E-state index contributed by atoms with van der Waals surface area (Å²) in [6, 6.07) is 5.02. The summed E-state index contributed by atoms with van der Waals surface area (Å²) < 4.78 is 21.3. The number of fused-ring (bicyclic) bond motifs is 2. The van der Waals surface area contributed by atoms with Crippen molar-refractivity contribution in [3.63, 3.8) is 0 Å².